The Hall–Kier alpha value is -3.23. The zero-order valence-electron chi connectivity index (χ0n) is 18.6. The molecule has 4 rings (SSSR count). The number of aryl methyl sites for hydroxylation is 1. The summed E-state index contributed by atoms with van der Waals surface area (Å²) in [5.74, 6) is -0.564. The fourth-order valence-corrected chi connectivity index (χ4v) is 5.56. The van der Waals surface area contributed by atoms with Crippen LogP contribution in [0.5, 0.6) is 5.75 Å². The lowest BCUT2D eigenvalue weighted by atomic mass is 9.87. The van der Waals surface area contributed by atoms with Gasteiger partial charge < -0.3 is 9.84 Å². The summed E-state index contributed by atoms with van der Waals surface area (Å²) in [6, 6.07) is 16.3. The zero-order valence-corrected chi connectivity index (χ0v) is 19.4. The van der Waals surface area contributed by atoms with Crippen molar-refractivity contribution in [2.24, 2.45) is 0 Å². The summed E-state index contributed by atoms with van der Waals surface area (Å²) in [6.07, 6.45) is 3.72. The normalized spacial score (nSPS) is 15.8. The highest BCUT2D eigenvalue weighted by Gasteiger charge is 2.34. The van der Waals surface area contributed by atoms with Gasteiger partial charge in [-0.2, -0.15) is 4.31 Å². The highest BCUT2D eigenvalue weighted by Crippen LogP contribution is 2.40. The Kier molecular flexibility index (Phi) is 6.49. The van der Waals surface area contributed by atoms with Crippen LogP contribution in [-0.2, 0) is 21.2 Å². The highest BCUT2D eigenvalue weighted by atomic mass is 32.2. The molecule has 1 aliphatic carbocycles. The Balaban J connectivity index is 1.61. The third-order valence-electron chi connectivity index (χ3n) is 5.95. The van der Waals surface area contributed by atoms with E-state index in [1.807, 2.05) is 37.3 Å². The molecule has 0 spiro atoms. The van der Waals surface area contributed by atoms with Gasteiger partial charge in [-0.05, 0) is 61.1 Å². The van der Waals surface area contributed by atoms with Gasteiger partial charge in [-0.3, -0.25) is 0 Å². The van der Waals surface area contributed by atoms with Crippen LogP contribution in [0.4, 0.5) is 0 Å². The van der Waals surface area contributed by atoms with Gasteiger partial charge in [0.15, 0.2) is 11.6 Å². The first kappa shape index (κ1) is 22.9. The molecule has 2 aromatic carbocycles. The summed E-state index contributed by atoms with van der Waals surface area (Å²) in [5, 5.41) is 8.93. The van der Waals surface area contributed by atoms with E-state index in [2.05, 4.69) is 4.98 Å². The largest absolute Gasteiger partial charge is 0.482 e. The van der Waals surface area contributed by atoms with Crippen molar-refractivity contribution in [3.8, 4) is 16.9 Å². The number of hydrogen-bond donors (Lipinski definition) is 1. The van der Waals surface area contributed by atoms with Crippen molar-refractivity contribution >= 4 is 16.0 Å². The Morgan fingerprint density at radius 3 is 2.64 bits per heavy atom. The number of fused-ring (bicyclic) bond motifs is 1. The van der Waals surface area contributed by atoms with E-state index in [1.54, 1.807) is 37.5 Å². The van der Waals surface area contributed by atoms with Gasteiger partial charge in [-0.1, -0.05) is 42.0 Å². The van der Waals surface area contributed by atoms with Crippen LogP contribution >= 0.6 is 0 Å². The van der Waals surface area contributed by atoms with Crippen LogP contribution in [0.25, 0.3) is 11.1 Å². The first-order valence-corrected chi connectivity index (χ1v) is 12.2. The number of hydrogen-bond acceptors (Lipinski definition) is 5. The molecule has 8 heteroatoms. The van der Waals surface area contributed by atoms with E-state index >= 15 is 0 Å². The molecule has 1 N–H and O–H groups in total. The van der Waals surface area contributed by atoms with Gasteiger partial charge in [0.25, 0.3) is 10.0 Å². The number of rotatable bonds is 7. The predicted molar refractivity (Wildman–Crippen MR) is 125 cm³/mol. The van der Waals surface area contributed by atoms with Gasteiger partial charge in [0.05, 0.1) is 6.04 Å². The Morgan fingerprint density at radius 2 is 1.94 bits per heavy atom. The molecular formula is C25H26N2O5S. The van der Waals surface area contributed by atoms with Crippen molar-refractivity contribution in [3.05, 3.63) is 77.5 Å². The number of sulfonamides is 1. The lowest BCUT2D eigenvalue weighted by Gasteiger charge is -2.33. The second-order valence-electron chi connectivity index (χ2n) is 8.19. The summed E-state index contributed by atoms with van der Waals surface area (Å²) in [7, 11) is -2.27. The molecule has 0 amide bonds. The molecule has 0 unspecified atom stereocenters. The van der Waals surface area contributed by atoms with E-state index in [0.717, 1.165) is 34.2 Å². The molecule has 172 valence electrons. The van der Waals surface area contributed by atoms with Crippen LogP contribution < -0.4 is 4.74 Å². The summed E-state index contributed by atoms with van der Waals surface area (Å²) in [4.78, 5) is 15.2. The number of aromatic nitrogens is 1. The monoisotopic (exact) mass is 466 g/mol. The first-order chi connectivity index (χ1) is 15.8. The maximum atomic E-state index is 13.4. The molecular weight excluding hydrogens is 440 g/mol. The maximum Gasteiger partial charge on any atom is 0.341 e. The quantitative estimate of drug-likeness (QED) is 0.560. The van der Waals surface area contributed by atoms with Crippen molar-refractivity contribution in [1.29, 1.82) is 0 Å². The van der Waals surface area contributed by atoms with Crippen molar-refractivity contribution in [2.75, 3.05) is 13.7 Å². The molecule has 3 aromatic rings. The molecule has 1 aliphatic rings. The third-order valence-corrected chi connectivity index (χ3v) is 7.74. The number of pyridine rings is 1. The second-order valence-corrected chi connectivity index (χ2v) is 10.1. The second kappa shape index (κ2) is 9.33. The average molecular weight is 467 g/mol. The number of carboxylic acid groups (broad SMARTS) is 1. The summed E-state index contributed by atoms with van der Waals surface area (Å²) >= 11 is 0. The summed E-state index contributed by atoms with van der Waals surface area (Å²) in [6.45, 7) is 1.57. The smallest absolute Gasteiger partial charge is 0.341 e. The van der Waals surface area contributed by atoms with Gasteiger partial charge in [-0.25, -0.2) is 18.2 Å². The number of benzene rings is 2. The predicted octanol–water partition coefficient (Wildman–Crippen LogP) is 4.22. The Labute approximate surface area is 193 Å². The summed E-state index contributed by atoms with van der Waals surface area (Å²) in [5.41, 5.74) is 4.65. The summed E-state index contributed by atoms with van der Waals surface area (Å²) < 4.78 is 33.6. The van der Waals surface area contributed by atoms with E-state index in [4.69, 9.17) is 9.84 Å². The minimum absolute atomic E-state index is 0.00758. The SMILES string of the molecule is Cc1cccc(-c2ccc(S(=O)(=O)N(C)[C@@H]3CCCc4c(OCC(=O)O)cccc43)nc2)c1. The fraction of sp³-hybridized carbons (Fsp3) is 0.280. The zero-order chi connectivity index (χ0) is 23.6. The minimum atomic E-state index is -3.84. The molecule has 0 fully saturated rings. The lowest BCUT2D eigenvalue weighted by molar-refractivity contribution is -0.139. The molecule has 7 nitrogen and oxygen atoms in total. The van der Waals surface area contributed by atoms with Crippen LogP contribution in [0.15, 0.2) is 65.8 Å². The molecule has 0 bridgehead atoms. The van der Waals surface area contributed by atoms with Crippen LogP contribution in [0, 0.1) is 6.92 Å². The van der Waals surface area contributed by atoms with E-state index in [9.17, 15) is 13.2 Å². The molecule has 0 saturated heterocycles. The van der Waals surface area contributed by atoms with E-state index in [-0.39, 0.29) is 11.1 Å². The van der Waals surface area contributed by atoms with Crippen molar-refractivity contribution < 1.29 is 23.1 Å². The number of carboxylic acids is 1. The van der Waals surface area contributed by atoms with Crippen LogP contribution in [0.1, 0.15) is 35.6 Å². The maximum absolute atomic E-state index is 13.4. The van der Waals surface area contributed by atoms with E-state index < -0.39 is 22.6 Å². The van der Waals surface area contributed by atoms with Crippen molar-refractivity contribution in [3.63, 3.8) is 0 Å². The van der Waals surface area contributed by atoms with Gasteiger partial charge >= 0.3 is 5.97 Å². The number of ether oxygens (including phenoxy) is 1. The third kappa shape index (κ3) is 4.77. The fourth-order valence-electron chi connectivity index (χ4n) is 4.29. The number of nitrogens with zero attached hydrogens (tertiary/aromatic N) is 2. The van der Waals surface area contributed by atoms with Crippen molar-refractivity contribution in [1.82, 2.24) is 9.29 Å². The van der Waals surface area contributed by atoms with Crippen LogP contribution in [-0.4, -0.2) is 42.4 Å². The lowest BCUT2D eigenvalue weighted by Crippen LogP contribution is -2.34. The average Bonchev–Trinajstić information content (AvgIpc) is 2.82. The molecule has 1 atom stereocenters. The van der Waals surface area contributed by atoms with Crippen LogP contribution in [0.2, 0.25) is 0 Å². The minimum Gasteiger partial charge on any atom is -0.482 e. The van der Waals surface area contributed by atoms with Crippen LogP contribution in [0.3, 0.4) is 0 Å². The van der Waals surface area contributed by atoms with Crippen molar-refractivity contribution in [2.45, 2.75) is 37.3 Å². The van der Waals surface area contributed by atoms with Gasteiger partial charge in [0.2, 0.25) is 0 Å². The van der Waals surface area contributed by atoms with E-state index in [1.165, 1.54) is 4.31 Å². The molecule has 0 aliphatic heterocycles. The molecule has 33 heavy (non-hydrogen) atoms. The Morgan fingerprint density at radius 1 is 1.15 bits per heavy atom. The van der Waals surface area contributed by atoms with Gasteiger partial charge in [-0.15, -0.1) is 0 Å². The Bertz CT molecular complexity index is 1270. The molecule has 1 aromatic heterocycles. The first-order valence-electron chi connectivity index (χ1n) is 10.7. The van der Waals surface area contributed by atoms with Gasteiger partial charge in [0, 0.05) is 18.8 Å². The number of aliphatic carboxylic acids is 1. The standard InChI is InChI=1S/C25H26N2O5S/c1-17-6-3-7-18(14-17)19-12-13-24(26-15-19)33(30,31)27(2)22-10-4-9-21-20(22)8-5-11-23(21)32-16-25(28)29/h3,5-8,11-15,22H,4,9-10,16H2,1-2H3,(H,28,29)/t22-/m1/s1. The topological polar surface area (TPSA) is 96.8 Å². The van der Waals surface area contributed by atoms with Gasteiger partial charge in [0.1, 0.15) is 5.75 Å². The number of carbonyl (C=O) groups is 1. The molecule has 1 heterocycles. The van der Waals surface area contributed by atoms with E-state index in [0.29, 0.717) is 18.6 Å². The molecule has 0 saturated carbocycles. The molecule has 0 radical (unpaired) electrons. The highest BCUT2D eigenvalue weighted by molar-refractivity contribution is 7.89.